The van der Waals surface area contributed by atoms with Crippen molar-refractivity contribution >= 4 is 5.84 Å². The molecule has 0 saturated carbocycles. The van der Waals surface area contributed by atoms with E-state index in [2.05, 4.69) is 16.8 Å². The van der Waals surface area contributed by atoms with Crippen molar-refractivity contribution in [2.75, 3.05) is 33.2 Å². The number of nitrogens with zero attached hydrogens (tertiary/aromatic N) is 2. The van der Waals surface area contributed by atoms with Crippen LogP contribution < -0.4 is 0 Å². The molecule has 0 aliphatic carbocycles. The van der Waals surface area contributed by atoms with E-state index >= 15 is 0 Å². The monoisotopic (exact) mass is 223 g/mol. The highest BCUT2D eigenvalue weighted by atomic mass is 15.2. The fourth-order valence-corrected chi connectivity index (χ4v) is 3.21. The molecule has 2 saturated heterocycles. The molecule has 0 radical (unpaired) electrons. The number of hydrogen-bond donors (Lipinski definition) is 1. The molecule has 0 aromatic heterocycles. The van der Waals surface area contributed by atoms with Gasteiger partial charge in [0.15, 0.2) is 0 Å². The highest BCUT2D eigenvalue weighted by Gasteiger charge is 2.28. The van der Waals surface area contributed by atoms with E-state index in [1.54, 1.807) is 0 Å². The van der Waals surface area contributed by atoms with Crippen molar-refractivity contribution < 1.29 is 0 Å². The first kappa shape index (κ1) is 11.9. The minimum Gasteiger partial charge on any atom is -0.361 e. The lowest BCUT2D eigenvalue weighted by atomic mass is 9.79. The number of amidine groups is 1. The summed E-state index contributed by atoms with van der Waals surface area (Å²) in [5.74, 6) is 2.65. The maximum atomic E-state index is 7.64. The fraction of sp³-hybridized carbons (Fsp3) is 0.923. The van der Waals surface area contributed by atoms with Gasteiger partial charge in [-0.3, -0.25) is 5.41 Å². The third-order valence-corrected chi connectivity index (χ3v) is 4.44. The lowest BCUT2D eigenvalue weighted by Crippen LogP contribution is -2.41. The van der Waals surface area contributed by atoms with Gasteiger partial charge in [-0.2, -0.15) is 0 Å². The molecule has 1 N–H and O–H groups in total. The molecule has 0 aromatic carbocycles. The average Bonchev–Trinajstić information content (AvgIpc) is 2.30. The third kappa shape index (κ3) is 2.76. The molecular weight excluding hydrogens is 198 g/mol. The number of rotatable bonds is 1. The summed E-state index contributed by atoms with van der Waals surface area (Å²) >= 11 is 0. The zero-order valence-corrected chi connectivity index (χ0v) is 10.7. The number of nitrogens with one attached hydrogen (secondary N) is 1. The maximum absolute atomic E-state index is 7.64. The summed E-state index contributed by atoms with van der Waals surface area (Å²) in [7, 11) is 2.23. The Morgan fingerprint density at radius 1 is 0.938 bits per heavy atom. The smallest absolute Gasteiger partial charge is 0.0925 e. The Bertz CT molecular complexity index is 236. The summed E-state index contributed by atoms with van der Waals surface area (Å²) in [5, 5.41) is 7.64. The standard InChI is InChI=1S/C13H25N3/c1-11(14)16-9-5-13(6-10-16)12-3-7-15(2)8-4-12/h12-14H,3-10H2,1-2H3. The third-order valence-electron chi connectivity index (χ3n) is 4.44. The average molecular weight is 223 g/mol. The Balaban J connectivity index is 1.78. The molecule has 3 nitrogen and oxygen atoms in total. The van der Waals surface area contributed by atoms with E-state index in [1.165, 1.54) is 38.8 Å². The molecule has 2 rings (SSSR count). The largest absolute Gasteiger partial charge is 0.361 e. The second kappa shape index (κ2) is 5.17. The summed E-state index contributed by atoms with van der Waals surface area (Å²) in [6.07, 6.45) is 5.41. The van der Waals surface area contributed by atoms with Gasteiger partial charge in [0.05, 0.1) is 5.84 Å². The van der Waals surface area contributed by atoms with Crippen LogP contribution in [0.5, 0.6) is 0 Å². The van der Waals surface area contributed by atoms with Gasteiger partial charge in [-0.25, -0.2) is 0 Å². The normalized spacial score (nSPS) is 26.0. The molecule has 2 aliphatic rings. The van der Waals surface area contributed by atoms with Crippen molar-refractivity contribution in [3.63, 3.8) is 0 Å². The first-order chi connectivity index (χ1) is 7.66. The molecule has 2 fully saturated rings. The van der Waals surface area contributed by atoms with Crippen LogP contribution in [0.15, 0.2) is 0 Å². The molecule has 3 heteroatoms. The van der Waals surface area contributed by atoms with Gasteiger partial charge in [-0.05, 0) is 64.6 Å². The maximum Gasteiger partial charge on any atom is 0.0925 e. The van der Waals surface area contributed by atoms with Crippen LogP contribution in [-0.4, -0.2) is 48.9 Å². The summed E-state index contributed by atoms with van der Waals surface area (Å²) in [5.41, 5.74) is 0. The Hall–Kier alpha value is -0.570. The zero-order chi connectivity index (χ0) is 11.5. The van der Waals surface area contributed by atoms with Crippen LogP contribution in [0, 0.1) is 17.2 Å². The van der Waals surface area contributed by atoms with Crippen LogP contribution in [0.4, 0.5) is 0 Å². The van der Waals surface area contributed by atoms with Crippen molar-refractivity contribution in [1.82, 2.24) is 9.80 Å². The number of piperidine rings is 2. The van der Waals surface area contributed by atoms with Crippen molar-refractivity contribution in [3.05, 3.63) is 0 Å². The molecule has 2 heterocycles. The molecule has 16 heavy (non-hydrogen) atoms. The van der Waals surface area contributed by atoms with Gasteiger partial charge in [-0.1, -0.05) is 0 Å². The van der Waals surface area contributed by atoms with E-state index in [9.17, 15) is 0 Å². The topological polar surface area (TPSA) is 30.3 Å². The summed E-state index contributed by atoms with van der Waals surface area (Å²) in [4.78, 5) is 4.68. The molecule has 0 atom stereocenters. The Morgan fingerprint density at radius 3 is 1.81 bits per heavy atom. The molecule has 0 spiro atoms. The van der Waals surface area contributed by atoms with Gasteiger partial charge in [0.2, 0.25) is 0 Å². The molecule has 92 valence electrons. The van der Waals surface area contributed by atoms with Crippen LogP contribution in [0.2, 0.25) is 0 Å². The zero-order valence-electron chi connectivity index (χ0n) is 10.7. The van der Waals surface area contributed by atoms with Gasteiger partial charge in [-0.15, -0.1) is 0 Å². The lowest BCUT2D eigenvalue weighted by molar-refractivity contribution is 0.129. The highest BCUT2D eigenvalue weighted by molar-refractivity contribution is 5.76. The van der Waals surface area contributed by atoms with Gasteiger partial charge in [0.25, 0.3) is 0 Å². The Kier molecular flexibility index (Phi) is 3.85. The minimum absolute atomic E-state index is 0.752. The summed E-state index contributed by atoms with van der Waals surface area (Å²) in [6, 6.07) is 0. The fourth-order valence-electron chi connectivity index (χ4n) is 3.21. The predicted octanol–water partition coefficient (Wildman–Crippen LogP) is 2.04. The van der Waals surface area contributed by atoms with Crippen LogP contribution in [0.3, 0.4) is 0 Å². The van der Waals surface area contributed by atoms with E-state index in [1.807, 2.05) is 6.92 Å². The van der Waals surface area contributed by atoms with Crippen molar-refractivity contribution in [3.8, 4) is 0 Å². The first-order valence-electron chi connectivity index (χ1n) is 6.65. The van der Waals surface area contributed by atoms with Crippen LogP contribution in [0.1, 0.15) is 32.6 Å². The van der Waals surface area contributed by atoms with Crippen LogP contribution in [-0.2, 0) is 0 Å². The van der Waals surface area contributed by atoms with Crippen LogP contribution >= 0.6 is 0 Å². The van der Waals surface area contributed by atoms with Gasteiger partial charge in [0, 0.05) is 13.1 Å². The van der Waals surface area contributed by atoms with Gasteiger partial charge >= 0.3 is 0 Å². The Labute approximate surface area is 99.3 Å². The predicted molar refractivity (Wildman–Crippen MR) is 67.9 cm³/mol. The summed E-state index contributed by atoms with van der Waals surface area (Å²) in [6.45, 7) is 6.72. The molecule has 0 aromatic rings. The van der Waals surface area contributed by atoms with Crippen molar-refractivity contribution in [2.45, 2.75) is 32.6 Å². The quantitative estimate of drug-likeness (QED) is 0.544. The van der Waals surface area contributed by atoms with Crippen molar-refractivity contribution in [1.29, 1.82) is 5.41 Å². The lowest BCUT2D eigenvalue weighted by Gasteiger charge is -2.39. The van der Waals surface area contributed by atoms with E-state index in [0.29, 0.717) is 0 Å². The second-order valence-electron chi connectivity index (χ2n) is 5.55. The minimum atomic E-state index is 0.752. The van der Waals surface area contributed by atoms with Crippen LogP contribution in [0.25, 0.3) is 0 Å². The van der Waals surface area contributed by atoms with E-state index in [0.717, 1.165) is 30.8 Å². The molecule has 0 unspecified atom stereocenters. The molecule has 2 aliphatic heterocycles. The van der Waals surface area contributed by atoms with E-state index in [-0.39, 0.29) is 0 Å². The van der Waals surface area contributed by atoms with E-state index in [4.69, 9.17) is 5.41 Å². The van der Waals surface area contributed by atoms with Gasteiger partial charge in [0.1, 0.15) is 0 Å². The SMILES string of the molecule is CC(=N)N1CCC(C2CCN(C)CC2)CC1. The van der Waals surface area contributed by atoms with Gasteiger partial charge < -0.3 is 9.80 Å². The van der Waals surface area contributed by atoms with Crippen molar-refractivity contribution in [2.24, 2.45) is 11.8 Å². The highest BCUT2D eigenvalue weighted by Crippen LogP contribution is 2.32. The number of likely N-dealkylation sites (tertiary alicyclic amines) is 2. The van der Waals surface area contributed by atoms with E-state index < -0.39 is 0 Å². The first-order valence-corrected chi connectivity index (χ1v) is 6.65. The molecular formula is C13H25N3. The Morgan fingerprint density at radius 2 is 1.38 bits per heavy atom. The molecule has 0 amide bonds. The summed E-state index contributed by atoms with van der Waals surface area (Å²) < 4.78 is 0. The molecule has 0 bridgehead atoms. The number of hydrogen-bond acceptors (Lipinski definition) is 2. The second-order valence-corrected chi connectivity index (χ2v) is 5.55.